The summed E-state index contributed by atoms with van der Waals surface area (Å²) < 4.78 is 68.5. The Balaban J connectivity index is 5.23. The number of aliphatic hydroxyl groups excluding tert-OH is 1. The summed E-state index contributed by atoms with van der Waals surface area (Å²) in [6.45, 7) is 11.8. The van der Waals surface area contributed by atoms with Crippen LogP contribution in [0, 0.1) is 17.8 Å². The molecule has 0 fully saturated rings. The average molecular weight is 1380 g/mol. The highest BCUT2D eigenvalue weighted by molar-refractivity contribution is 7.47. The molecule has 0 saturated heterocycles. The molecule has 0 radical (unpaired) electrons. The minimum absolute atomic E-state index is 0.104. The van der Waals surface area contributed by atoms with Crippen molar-refractivity contribution in [3.8, 4) is 0 Å². The Labute approximate surface area is 575 Å². The monoisotopic (exact) mass is 1380 g/mol. The van der Waals surface area contributed by atoms with E-state index >= 15 is 0 Å². The van der Waals surface area contributed by atoms with Crippen LogP contribution < -0.4 is 0 Å². The maximum absolute atomic E-state index is 13.1. The number of unbranched alkanes of at least 4 members (excludes halogenated alkanes) is 41. The minimum Gasteiger partial charge on any atom is -0.462 e. The number of esters is 4. The summed E-state index contributed by atoms with van der Waals surface area (Å²) in [6.07, 6.45) is 51.5. The van der Waals surface area contributed by atoms with E-state index in [1.54, 1.807) is 0 Å². The van der Waals surface area contributed by atoms with Gasteiger partial charge in [-0.25, -0.2) is 9.13 Å². The number of carbonyl (C=O) groups is 4. The van der Waals surface area contributed by atoms with E-state index in [4.69, 9.17) is 37.0 Å². The highest BCUT2D eigenvalue weighted by Gasteiger charge is 2.30. The third kappa shape index (κ3) is 68.6. The second kappa shape index (κ2) is 65.7. The molecular weight excluding hydrogens is 1230 g/mol. The molecule has 17 nitrogen and oxygen atoms in total. The molecule has 0 bridgehead atoms. The van der Waals surface area contributed by atoms with Crippen molar-refractivity contribution in [2.45, 2.75) is 401 Å². The van der Waals surface area contributed by atoms with Gasteiger partial charge in [-0.15, -0.1) is 0 Å². The van der Waals surface area contributed by atoms with Gasteiger partial charge in [0.05, 0.1) is 26.4 Å². The fourth-order valence-electron chi connectivity index (χ4n) is 11.4. The third-order valence-electron chi connectivity index (χ3n) is 17.4. The Bertz CT molecular complexity index is 1840. The normalized spacial score (nSPS) is 14.1. The van der Waals surface area contributed by atoms with Crippen molar-refractivity contribution in [3.63, 3.8) is 0 Å². The SMILES string of the molecule is CCCCCCCCCCCCCCCCCCCCCC(=O)O[C@H](COC(=O)CCCCCCCCCCCCC(C)C)COP(=O)(O)OC[C@@H](O)COP(=O)(O)OC[C@@H](COC(=O)CCCCCCCCCC(C)C)OC(=O)CCCCCCCCCCCC(C)C. The first-order valence-corrected chi connectivity index (χ1v) is 41.8. The van der Waals surface area contributed by atoms with Crippen molar-refractivity contribution in [1.29, 1.82) is 0 Å². The van der Waals surface area contributed by atoms with Crippen LogP contribution in [0.5, 0.6) is 0 Å². The minimum atomic E-state index is -4.96. The zero-order chi connectivity index (χ0) is 69.4. The molecule has 0 aromatic carbocycles. The van der Waals surface area contributed by atoms with Crippen molar-refractivity contribution >= 4 is 39.5 Å². The lowest BCUT2D eigenvalue weighted by Crippen LogP contribution is -2.30. The fourth-order valence-corrected chi connectivity index (χ4v) is 13.0. The van der Waals surface area contributed by atoms with Crippen molar-refractivity contribution in [3.05, 3.63) is 0 Å². The van der Waals surface area contributed by atoms with E-state index in [2.05, 4.69) is 48.5 Å². The molecule has 0 aromatic rings. The number of hydrogen-bond acceptors (Lipinski definition) is 15. The fraction of sp³-hybridized carbons (Fsp3) is 0.947. The topological polar surface area (TPSA) is 237 Å². The predicted molar refractivity (Wildman–Crippen MR) is 381 cm³/mol. The third-order valence-corrected chi connectivity index (χ3v) is 19.3. The van der Waals surface area contributed by atoms with Gasteiger partial charge in [-0.2, -0.15) is 0 Å². The van der Waals surface area contributed by atoms with Gasteiger partial charge < -0.3 is 33.8 Å². The van der Waals surface area contributed by atoms with E-state index in [-0.39, 0.29) is 25.7 Å². The molecular formula is C75H146O17P2. The lowest BCUT2D eigenvalue weighted by molar-refractivity contribution is -0.161. The van der Waals surface area contributed by atoms with Crippen molar-refractivity contribution in [2.24, 2.45) is 17.8 Å². The molecule has 558 valence electrons. The lowest BCUT2D eigenvalue weighted by atomic mass is 10.0. The lowest BCUT2D eigenvalue weighted by Gasteiger charge is -2.21. The van der Waals surface area contributed by atoms with Gasteiger partial charge in [0.2, 0.25) is 0 Å². The van der Waals surface area contributed by atoms with E-state index in [0.29, 0.717) is 31.6 Å². The number of phosphoric ester groups is 2. The van der Waals surface area contributed by atoms with Gasteiger partial charge in [-0.3, -0.25) is 37.3 Å². The molecule has 0 aliphatic rings. The Morgan fingerprint density at radius 2 is 0.489 bits per heavy atom. The van der Waals surface area contributed by atoms with Gasteiger partial charge in [0.1, 0.15) is 19.3 Å². The summed E-state index contributed by atoms with van der Waals surface area (Å²) in [4.78, 5) is 72.7. The molecule has 5 atom stereocenters. The van der Waals surface area contributed by atoms with Gasteiger partial charge in [-0.05, 0) is 43.4 Å². The van der Waals surface area contributed by atoms with Gasteiger partial charge in [-0.1, -0.05) is 331 Å². The van der Waals surface area contributed by atoms with E-state index in [1.165, 1.54) is 186 Å². The van der Waals surface area contributed by atoms with E-state index in [9.17, 15) is 43.2 Å². The van der Waals surface area contributed by atoms with Crippen molar-refractivity contribution < 1.29 is 80.2 Å². The number of carbonyl (C=O) groups excluding carboxylic acids is 4. The highest BCUT2D eigenvalue weighted by atomic mass is 31.2. The van der Waals surface area contributed by atoms with Crippen molar-refractivity contribution in [1.82, 2.24) is 0 Å². The van der Waals surface area contributed by atoms with Crippen LogP contribution in [0.15, 0.2) is 0 Å². The highest BCUT2D eigenvalue weighted by Crippen LogP contribution is 2.45. The molecule has 0 rings (SSSR count). The van der Waals surface area contributed by atoms with E-state index in [1.807, 2.05) is 0 Å². The van der Waals surface area contributed by atoms with Crippen LogP contribution in [-0.2, 0) is 65.4 Å². The molecule has 3 N–H and O–H groups in total. The summed E-state index contributed by atoms with van der Waals surface area (Å²) in [6, 6.07) is 0. The maximum atomic E-state index is 13.1. The molecule has 0 aromatic heterocycles. The van der Waals surface area contributed by atoms with Crippen LogP contribution >= 0.6 is 15.6 Å². The Hall–Kier alpha value is -1.94. The van der Waals surface area contributed by atoms with Crippen LogP contribution in [0.3, 0.4) is 0 Å². The first-order valence-electron chi connectivity index (χ1n) is 38.8. The number of rotatable bonds is 73. The number of aliphatic hydroxyl groups is 1. The van der Waals surface area contributed by atoms with Crippen molar-refractivity contribution in [2.75, 3.05) is 39.6 Å². The van der Waals surface area contributed by atoms with Gasteiger partial charge in [0, 0.05) is 25.7 Å². The van der Waals surface area contributed by atoms with Crippen LogP contribution in [0.25, 0.3) is 0 Å². The van der Waals surface area contributed by atoms with Crippen LogP contribution in [0.4, 0.5) is 0 Å². The van der Waals surface area contributed by atoms with E-state index < -0.39 is 97.5 Å². The first kappa shape index (κ1) is 92.1. The zero-order valence-corrected chi connectivity index (χ0v) is 63.2. The molecule has 0 spiro atoms. The quantitative estimate of drug-likeness (QED) is 0.0222. The summed E-state index contributed by atoms with van der Waals surface area (Å²) in [5, 5.41) is 10.6. The molecule has 0 saturated carbocycles. The largest absolute Gasteiger partial charge is 0.472 e. The first-order chi connectivity index (χ1) is 45.2. The summed E-state index contributed by atoms with van der Waals surface area (Å²) in [5.74, 6) is 0.0785. The zero-order valence-electron chi connectivity index (χ0n) is 61.4. The predicted octanol–water partition coefficient (Wildman–Crippen LogP) is 21.8. The van der Waals surface area contributed by atoms with Gasteiger partial charge >= 0.3 is 39.5 Å². The Kier molecular flexibility index (Phi) is 64.3. The average Bonchev–Trinajstić information content (AvgIpc) is 1.67. The molecule has 0 aliphatic carbocycles. The molecule has 0 heterocycles. The Morgan fingerprint density at radius 3 is 0.723 bits per heavy atom. The van der Waals surface area contributed by atoms with Gasteiger partial charge in [0.15, 0.2) is 12.2 Å². The molecule has 19 heteroatoms. The Morgan fingerprint density at radius 1 is 0.287 bits per heavy atom. The molecule has 0 aliphatic heterocycles. The number of hydrogen-bond donors (Lipinski definition) is 3. The standard InChI is InChI=1S/C75H146O17P2/c1-8-9-10-11-12-13-14-15-16-17-18-19-20-21-22-29-36-44-51-58-74(79)91-70(62-85-72(77)56-49-42-35-28-24-23-26-32-39-46-53-66(2)3)64-89-93(81,82)87-60-69(76)61-88-94(83,84)90-65-71(63-86-73(78)57-50-43-38-31-34-41-48-55-68(6)7)92-75(80)59-52-45-37-30-25-27-33-40-47-54-67(4)5/h66-71,76H,8-65H2,1-7H3,(H,81,82)(H,83,84)/t69-,70-,71-/m1/s1. The van der Waals surface area contributed by atoms with Gasteiger partial charge in [0.25, 0.3) is 0 Å². The van der Waals surface area contributed by atoms with E-state index in [0.717, 1.165) is 108 Å². The van der Waals surface area contributed by atoms with Crippen LogP contribution in [0.2, 0.25) is 0 Å². The summed E-state index contributed by atoms with van der Waals surface area (Å²) in [7, 11) is -9.91. The molecule has 2 unspecified atom stereocenters. The summed E-state index contributed by atoms with van der Waals surface area (Å²) >= 11 is 0. The number of phosphoric acid groups is 2. The second-order valence-electron chi connectivity index (χ2n) is 28.5. The summed E-state index contributed by atoms with van der Waals surface area (Å²) in [5.41, 5.74) is 0. The molecule has 94 heavy (non-hydrogen) atoms. The number of ether oxygens (including phenoxy) is 4. The van der Waals surface area contributed by atoms with Crippen LogP contribution in [0.1, 0.15) is 382 Å². The maximum Gasteiger partial charge on any atom is 0.472 e. The van der Waals surface area contributed by atoms with Crippen LogP contribution in [-0.4, -0.2) is 96.7 Å². The second-order valence-corrected chi connectivity index (χ2v) is 31.4. The smallest absolute Gasteiger partial charge is 0.462 e. The molecule has 0 amide bonds.